The number of sulfonamides is 1. The third kappa shape index (κ3) is 4.17. The van der Waals surface area contributed by atoms with Gasteiger partial charge in [0.15, 0.2) is 0 Å². The molecule has 2 aliphatic rings. The van der Waals surface area contributed by atoms with Crippen molar-refractivity contribution in [2.45, 2.75) is 44.6 Å². The molecule has 1 unspecified atom stereocenters. The molecule has 2 rings (SSSR count). The Hall–Kier alpha value is -0.660. The van der Waals surface area contributed by atoms with Crippen LogP contribution < -0.4 is 0 Å². The smallest absolute Gasteiger partial charge is 0.226 e. The third-order valence-corrected chi connectivity index (χ3v) is 5.93. The van der Waals surface area contributed by atoms with Crippen LogP contribution in [-0.4, -0.2) is 67.2 Å². The lowest BCUT2D eigenvalue weighted by molar-refractivity contribution is -0.137. The van der Waals surface area contributed by atoms with Gasteiger partial charge in [0, 0.05) is 38.2 Å². The molecule has 0 aromatic heterocycles. The number of carbonyl (C=O) groups is 1. The number of rotatable bonds is 5. The molecule has 6 nitrogen and oxygen atoms in total. The second-order valence-electron chi connectivity index (χ2n) is 6.13. The fourth-order valence-electron chi connectivity index (χ4n) is 3.42. The SMILES string of the molecule is CS(=O)(=O)N1CCC(C(=O)N2CCCC2CCCO)CC1. The van der Waals surface area contributed by atoms with E-state index >= 15 is 0 Å². The van der Waals surface area contributed by atoms with Crippen molar-refractivity contribution in [3.8, 4) is 0 Å². The standard InChI is InChI=1S/C14H26N2O4S/c1-21(19,20)15-9-6-12(7-10-15)14(18)16-8-2-4-13(16)5-3-11-17/h12-13,17H,2-11H2,1H3. The van der Waals surface area contributed by atoms with Crippen molar-refractivity contribution in [1.29, 1.82) is 0 Å². The van der Waals surface area contributed by atoms with Crippen molar-refractivity contribution in [2.75, 3.05) is 32.5 Å². The van der Waals surface area contributed by atoms with Crippen molar-refractivity contribution < 1.29 is 18.3 Å². The number of aliphatic hydroxyl groups excluding tert-OH is 1. The highest BCUT2D eigenvalue weighted by molar-refractivity contribution is 7.88. The van der Waals surface area contributed by atoms with E-state index in [0.29, 0.717) is 25.9 Å². The van der Waals surface area contributed by atoms with Gasteiger partial charge in [0.25, 0.3) is 0 Å². The maximum absolute atomic E-state index is 12.6. The minimum Gasteiger partial charge on any atom is -0.396 e. The summed E-state index contributed by atoms with van der Waals surface area (Å²) in [4.78, 5) is 14.6. The largest absolute Gasteiger partial charge is 0.396 e. The van der Waals surface area contributed by atoms with Gasteiger partial charge in [0.05, 0.1) is 6.26 Å². The number of piperidine rings is 1. The Kier molecular flexibility index (Phi) is 5.62. The molecule has 0 aromatic carbocycles. The lowest BCUT2D eigenvalue weighted by atomic mass is 9.96. The van der Waals surface area contributed by atoms with Gasteiger partial charge in [-0.25, -0.2) is 12.7 Å². The number of amides is 1. The minimum atomic E-state index is -3.14. The van der Waals surface area contributed by atoms with Crippen molar-refractivity contribution in [3.63, 3.8) is 0 Å². The molecular formula is C14H26N2O4S. The van der Waals surface area contributed by atoms with Gasteiger partial charge in [-0.3, -0.25) is 4.79 Å². The van der Waals surface area contributed by atoms with Gasteiger partial charge in [-0.1, -0.05) is 0 Å². The lowest BCUT2D eigenvalue weighted by Crippen LogP contribution is -2.45. The first-order valence-corrected chi connectivity index (χ1v) is 9.64. The predicted molar refractivity (Wildman–Crippen MR) is 80.2 cm³/mol. The van der Waals surface area contributed by atoms with Crippen LogP contribution in [0.5, 0.6) is 0 Å². The van der Waals surface area contributed by atoms with E-state index in [4.69, 9.17) is 5.11 Å². The van der Waals surface area contributed by atoms with Crippen LogP contribution in [0.25, 0.3) is 0 Å². The molecule has 2 heterocycles. The fraction of sp³-hybridized carbons (Fsp3) is 0.929. The molecular weight excluding hydrogens is 292 g/mol. The molecule has 0 aromatic rings. The number of likely N-dealkylation sites (tertiary alicyclic amines) is 1. The molecule has 2 saturated heterocycles. The van der Waals surface area contributed by atoms with Crippen LogP contribution in [0, 0.1) is 5.92 Å². The van der Waals surface area contributed by atoms with E-state index in [2.05, 4.69) is 0 Å². The van der Waals surface area contributed by atoms with E-state index in [0.717, 1.165) is 32.2 Å². The zero-order valence-electron chi connectivity index (χ0n) is 12.7. The van der Waals surface area contributed by atoms with Gasteiger partial charge < -0.3 is 10.0 Å². The van der Waals surface area contributed by atoms with Crippen molar-refractivity contribution in [3.05, 3.63) is 0 Å². The van der Waals surface area contributed by atoms with E-state index in [-0.39, 0.29) is 24.5 Å². The summed E-state index contributed by atoms with van der Waals surface area (Å²) in [6, 6.07) is 0.262. The monoisotopic (exact) mass is 318 g/mol. The first-order chi connectivity index (χ1) is 9.93. The molecule has 2 aliphatic heterocycles. The van der Waals surface area contributed by atoms with Gasteiger partial charge >= 0.3 is 0 Å². The van der Waals surface area contributed by atoms with E-state index in [1.54, 1.807) is 0 Å². The maximum Gasteiger partial charge on any atom is 0.226 e. The first-order valence-electron chi connectivity index (χ1n) is 7.80. The molecule has 1 amide bonds. The van der Waals surface area contributed by atoms with Gasteiger partial charge in [-0.05, 0) is 38.5 Å². The second kappa shape index (κ2) is 7.07. The summed E-state index contributed by atoms with van der Waals surface area (Å²) in [7, 11) is -3.14. The number of aliphatic hydroxyl groups is 1. The van der Waals surface area contributed by atoms with Gasteiger partial charge in [-0.15, -0.1) is 0 Å². The van der Waals surface area contributed by atoms with Crippen LogP contribution in [0.2, 0.25) is 0 Å². The molecule has 122 valence electrons. The third-order valence-electron chi connectivity index (χ3n) is 4.63. The Morgan fingerprint density at radius 3 is 2.43 bits per heavy atom. The van der Waals surface area contributed by atoms with Crippen molar-refractivity contribution in [2.24, 2.45) is 5.92 Å². The number of carbonyl (C=O) groups excluding carboxylic acids is 1. The summed E-state index contributed by atoms with van der Waals surface area (Å²) in [6.07, 6.45) is 6.12. The predicted octanol–water partition coefficient (Wildman–Crippen LogP) is 0.422. The van der Waals surface area contributed by atoms with Crippen LogP contribution in [-0.2, 0) is 14.8 Å². The van der Waals surface area contributed by atoms with Crippen molar-refractivity contribution in [1.82, 2.24) is 9.21 Å². The quantitative estimate of drug-likeness (QED) is 0.797. The number of hydrogen-bond acceptors (Lipinski definition) is 4. The molecule has 21 heavy (non-hydrogen) atoms. The highest BCUT2D eigenvalue weighted by Gasteiger charge is 2.35. The maximum atomic E-state index is 12.6. The zero-order valence-corrected chi connectivity index (χ0v) is 13.5. The highest BCUT2D eigenvalue weighted by atomic mass is 32.2. The molecule has 2 fully saturated rings. The Bertz CT molecular complexity index is 458. The van der Waals surface area contributed by atoms with Crippen molar-refractivity contribution >= 4 is 15.9 Å². The Morgan fingerprint density at radius 2 is 1.86 bits per heavy atom. The number of hydrogen-bond donors (Lipinski definition) is 1. The lowest BCUT2D eigenvalue weighted by Gasteiger charge is -2.34. The minimum absolute atomic E-state index is 0.0438. The topological polar surface area (TPSA) is 77.9 Å². The molecule has 1 atom stereocenters. The summed E-state index contributed by atoms with van der Waals surface area (Å²) in [5.41, 5.74) is 0. The average molecular weight is 318 g/mol. The molecule has 1 N–H and O–H groups in total. The number of nitrogens with zero attached hydrogens (tertiary/aromatic N) is 2. The molecule has 0 bridgehead atoms. The summed E-state index contributed by atoms with van der Waals surface area (Å²) < 4.78 is 24.5. The normalized spacial score (nSPS) is 25.4. The summed E-state index contributed by atoms with van der Waals surface area (Å²) in [5.74, 6) is 0.140. The van der Waals surface area contributed by atoms with Crippen LogP contribution >= 0.6 is 0 Å². The summed E-state index contributed by atoms with van der Waals surface area (Å²) in [6.45, 7) is 1.88. The molecule has 7 heteroatoms. The fourth-order valence-corrected chi connectivity index (χ4v) is 4.30. The Balaban J connectivity index is 1.89. The van der Waals surface area contributed by atoms with Gasteiger partial charge in [0.1, 0.15) is 0 Å². The van der Waals surface area contributed by atoms with Crippen LogP contribution in [0.4, 0.5) is 0 Å². The van der Waals surface area contributed by atoms with Crippen LogP contribution in [0.1, 0.15) is 38.5 Å². The molecule has 0 radical (unpaired) electrons. The highest BCUT2D eigenvalue weighted by Crippen LogP contribution is 2.27. The van der Waals surface area contributed by atoms with Crippen LogP contribution in [0.3, 0.4) is 0 Å². The van der Waals surface area contributed by atoms with Gasteiger partial charge in [0.2, 0.25) is 15.9 Å². The Morgan fingerprint density at radius 1 is 1.19 bits per heavy atom. The van der Waals surface area contributed by atoms with Crippen LogP contribution in [0.15, 0.2) is 0 Å². The average Bonchev–Trinajstić information content (AvgIpc) is 2.92. The van der Waals surface area contributed by atoms with Gasteiger partial charge in [-0.2, -0.15) is 0 Å². The molecule has 0 saturated carbocycles. The Labute approximate surface area is 127 Å². The molecule has 0 spiro atoms. The van der Waals surface area contributed by atoms with E-state index < -0.39 is 10.0 Å². The van der Waals surface area contributed by atoms with E-state index in [1.807, 2.05) is 4.90 Å². The first kappa shape index (κ1) is 16.7. The summed E-state index contributed by atoms with van der Waals surface area (Å²) in [5, 5.41) is 8.94. The van der Waals surface area contributed by atoms with E-state index in [1.165, 1.54) is 10.6 Å². The molecule has 0 aliphatic carbocycles. The van der Waals surface area contributed by atoms with E-state index in [9.17, 15) is 13.2 Å². The summed E-state index contributed by atoms with van der Waals surface area (Å²) >= 11 is 0. The zero-order chi connectivity index (χ0) is 15.5. The second-order valence-corrected chi connectivity index (χ2v) is 8.11.